The third-order valence-corrected chi connectivity index (χ3v) is 1.78. The Bertz CT molecular complexity index is 576. The van der Waals surface area contributed by atoms with E-state index in [0.717, 1.165) is 0 Å². The third-order valence-electron chi connectivity index (χ3n) is 1.78. The Kier molecular flexibility index (Phi) is 7.15. The lowest BCUT2D eigenvalue weighted by Crippen LogP contribution is -2.56. The molecule has 0 amide bonds. The summed E-state index contributed by atoms with van der Waals surface area (Å²) in [5.41, 5.74) is 0. The van der Waals surface area contributed by atoms with Gasteiger partial charge in [0.2, 0.25) is 0 Å². The molecule has 0 spiro atoms. The zero-order valence-electron chi connectivity index (χ0n) is 11.7. The van der Waals surface area contributed by atoms with Crippen molar-refractivity contribution in [2.24, 2.45) is 0 Å². The molecular weight excluding hydrogens is 464 g/mol. The number of ether oxygens (including phenoxy) is 4. The monoisotopic (exact) mass is 464 g/mol. The maximum Gasteiger partial charge on any atom is 0.529 e. The SMILES string of the molecule is FC(F)=C(F)OC(F)(F)C(F)(F)OC(F)(F)C(F)(F)OC(F)(F)OC(F)(F)F. The highest BCUT2D eigenvalue weighted by molar-refractivity contribution is 4.85. The molecule has 20 heteroatoms. The molecule has 0 rings (SSSR count). The van der Waals surface area contributed by atoms with E-state index < -0.39 is 49.2 Å². The van der Waals surface area contributed by atoms with Gasteiger partial charge in [-0.25, -0.2) is 9.47 Å². The van der Waals surface area contributed by atoms with E-state index in [2.05, 4.69) is 0 Å². The molecule has 0 aromatic heterocycles. The summed E-state index contributed by atoms with van der Waals surface area (Å²) >= 11 is 0. The Hall–Kier alpha value is -1.70. The van der Waals surface area contributed by atoms with Crippen LogP contribution in [0.4, 0.5) is 70.2 Å². The molecule has 0 N–H and O–H groups in total. The van der Waals surface area contributed by atoms with Crippen LogP contribution in [0.2, 0.25) is 0 Å². The number of halogens is 16. The van der Waals surface area contributed by atoms with Crippen LogP contribution in [0.3, 0.4) is 0 Å². The predicted molar refractivity (Wildman–Crippen MR) is 45.5 cm³/mol. The molecule has 0 saturated carbocycles. The first kappa shape index (κ1) is 26.3. The van der Waals surface area contributed by atoms with E-state index in [4.69, 9.17) is 0 Å². The van der Waals surface area contributed by atoms with Crippen LogP contribution < -0.4 is 0 Å². The van der Waals surface area contributed by atoms with E-state index in [-0.39, 0.29) is 0 Å². The molecule has 0 heterocycles. The highest BCUT2D eigenvalue weighted by Gasteiger charge is 2.74. The Balaban J connectivity index is 5.60. The summed E-state index contributed by atoms with van der Waals surface area (Å²) in [6.07, 6.45) is -45.7. The van der Waals surface area contributed by atoms with Crippen LogP contribution in [0.5, 0.6) is 0 Å². The van der Waals surface area contributed by atoms with E-state index in [1.54, 1.807) is 0 Å². The van der Waals surface area contributed by atoms with Gasteiger partial charge in [0.05, 0.1) is 0 Å². The zero-order valence-corrected chi connectivity index (χ0v) is 11.7. The smallest absolute Gasteiger partial charge is 0.396 e. The van der Waals surface area contributed by atoms with Gasteiger partial charge in [-0.1, -0.05) is 0 Å². The normalized spacial score (nSPS) is 14.9. The summed E-state index contributed by atoms with van der Waals surface area (Å²) in [6, 6.07) is -3.82. The molecule has 0 fully saturated rings. The van der Waals surface area contributed by atoms with E-state index in [9.17, 15) is 70.2 Å². The lowest BCUT2D eigenvalue weighted by molar-refractivity contribution is -0.585. The van der Waals surface area contributed by atoms with Crippen LogP contribution >= 0.6 is 0 Å². The van der Waals surface area contributed by atoms with E-state index >= 15 is 0 Å². The first-order valence-corrected chi connectivity index (χ1v) is 5.41. The van der Waals surface area contributed by atoms with Crippen molar-refractivity contribution >= 4 is 0 Å². The van der Waals surface area contributed by atoms with E-state index in [1.165, 1.54) is 14.2 Å². The van der Waals surface area contributed by atoms with Crippen molar-refractivity contribution in [1.29, 1.82) is 0 Å². The van der Waals surface area contributed by atoms with Crippen LogP contribution in [0.1, 0.15) is 0 Å². The maximum atomic E-state index is 12.8. The fourth-order valence-corrected chi connectivity index (χ4v) is 0.855. The molecule has 0 aromatic carbocycles. The first-order valence-electron chi connectivity index (χ1n) is 5.41. The molecule has 0 aliphatic carbocycles. The lowest BCUT2D eigenvalue weighted by Gasteiger charge is -2.32. The lowest BCUT2D eigenvalue weighted by atomic mass is 10.5. The minimum absolute atomic E-state index is 1.49. The minimum atomic E-state index is -7.32. The molecule has 0 bridgehead atoms. The van der Waals surface area contributed by atoms with Crippen molar-refractivity contribution in [3.63, 3.8) is 0 Å². The number of hydrogen-bond acceptors (Lipinski definition) is 4. The summed E-state index contributed by atoms with van der Waals surface area (Å²) in [7, 11) is 0. The molecule has 0 aliphatic rings. The average molecular weight is 464 g/mol. The van der Waals surface area contributed by atoms with Gasteiger partial charge in [-0.2, -0.15) is 53.0 Å². The Labute approximate surface area is 140 Å². The Morgan fingerprint density at radius 3 is 1.18 bits per heavy atom. The van der Waals surface area contributed by atoms with E-state index in [1.807, 2.05) is 4.74 Å². The summed E-state index contributed by atoms with van der Waals surface area (Å²) < 4.78 is 202. The molecule has 168 valence electrons. The van der Waals surface area contributed by atoms with Gasteiger partial charge in [0.1, 0.15) is 0 Å². The van der Waals surface area contributed by atoms with Gasteiger partial charge in [-0.05, 0) is 0 Å². The summed E-state index contributed by atoms with van der Waals surface area (Å²) in [6.45, 7) is 0. The fraction of sp³-hybridized carbons (Fsp3) is 0.750. The van der Waals surface area contributed by atoms with Crippen LogP contribution in [0.25, 0.3) is 0 Å². The summed E-state index contributed by atoms with van der Waals surface area (Å²) in [4.78, 5) is 0. The second-order valence-corrected chi connectivity index (χ2v) is 3.92. The summed E-state index contributed by atoms with van der Waals surface area (Å²) in [5, 5.41) is 0. The molecule has 0 aliphatic heterocycles. The van der Waals surface area contributed by atoms with Gasteiger partial charge < -0.3 is 4.74 Å². The second-order valence-electron chi connectivity index (χ2n) is 3.92. The van der Waals surface area contributed by atoms with Crippen LogP contribution in [0.15, 0.2) is 12.1 Å². The van der Waals surface area contributed by atoms with Crippen LogP contribution in [0, 0.1) is 0 Å². The van der Waals surface area contributed by atoms with Crippen molar-refractivity contribution in [3.8, 4) is 0 Å². The third kappa shape index (κ3) is 7.04. The molecular formula is C8F16O4. The quantitative estimate of drug-likeness (QED) is 0.256. The molecule has 0 saturated heterocycles. The number of rotatable bonds is 9. The maximum absolute atomic E-state index is 12.8. The van der Waals surface area contributed by atoms with Gasteiger partial charge in [-0.15, -0.1) is 22.0 Å². The standard InChI is InChI=1S/C8F16O4/c9-1(10)2(11)25-3(12,13)4(14,15)26-5(16,17)6(18,19)27-8(23,24)28-7(20,21)22. The second kappa shape index (κ2) is 7.61. The Morgan fingerprint density at radius 1 is 0.464 bits per heavy atom. The van der Waals surface area contributed by atoms with Gasteiger partial charge in [0.25, 0.3) is 0 Å². The van der Waals surface area contributed by atoms with Gasteiger partial charge in [0.15, 0.2) is 0 Å². The summed E-state index contributed by atoms with van der Waals surface area (Å²) in [5.74, 6) is 0. The molecule has 4 nitrogen and oxygen atoms in total. The first-order chi connectivity index (χ1) is 11.9. The molecule has 0 radical (unpaired) electrons. The van der Waals surface area contributed by atoms with Crippen molar-refractivity contribution in [1.82, 2.24) is 0 Å². The van der Waals surface area contributed by atoms with Crippen LogP contribution in [-0.2, 0) is 18.9 Å². The van der Waals surface area contributed by atoms with E-state index in [0.29, 0.717) is 0 Å². The van der Waals surface area contributed by atoms with Gasteiger partial charge >= 0.3 is 49.2 Å². The molecule has 0 aromatic rings. The molecule has 28 heavy (non-hydrogen) atoms. The van der Waals surface area contributed by atoms with Gasteiger partial charge in [0, 0.05) is 0 Å². The molecule has 0 unspecified atom stereocenters. The highest BCUT2D eigenvalue weighted by atomic mass is 19.4. The van der Waals surface area contributed by atoms with Gasteiger partial charge in [-0.3, -0.25) is 0 Å². The van der Waals surface area contributed by atoms with Crippen molar-refractivity contribution < 1.29 is 89.2 Å². The highest BCUT2D eigenvalue weighted by Crippen LogP contribution is 2.48. The van der Waals surface area contributed by atoms with Crippen molar-refractivity contribution in [3.05, 3.63) is 12.1 Å². The number of alkyl halides is 13. The average Bonchev–Trinajstić information content (AvgIpc) is 2.31. The zero-order chi connectivity index (χ0) is 23.0. The number of hydrogen-bond donors (Lipinski definition) is 0. The van der Waals surface area contributed by atoms with Crippen LogP contribution in [-0.4, -0.2) is 37.1 Å². The Morgan fingerprint density at radius 2 is 0.821 bits per heavy atom. The fourth-order valence-electron chi connectivity index (χ4n) is 0.855. The topological polar surface area (TPSA) is 36.9 Å². The minimum Gasteiger partial charge on any atom is -0.396 e. The molecule has 0 atom stereocenters. The van der Waals surface area contributed by atoms with Crippen molar-refractivity contribution in [2.75, 3.05) is 0 Å². The van der Waals surface area contributed by atoms with Crippen molar-refractivity contribution in [2.45, 2.75) is 37.1 Å². The predicted octanol–water partition coefficient (Wildman–Crippen LogP) is 5.53. The largest absolute Gasteiger partial charge is 0.529 e.